The van der Waals surface area contributed by atoms with E-state index in [-0.39, 0.29) is 5.43 Å². The molecular weight excluding hydrogens is 180 g/mol. The van der Waals surface area contributed by atoms with E-state index in [1.54, 1.807) is 28.7 Å². The third kappa shape index (κ3) is 1.44. The minimum atomic E-state index is -0.0508. The number of rotatable bonds is 1. The van der Waals surface area contributed by atoms with Gasteiger partial charge in [0.05, 0.1) is 12.4 Å². The normalized spacial score (nSPS) is 10.4. The Bertz CT molecular complexity index is 512. The molecule has 72 valence electrons. The second kappa shape index (κ2) is 3.10. The molecule has 0 N–H and O–H groups in total. The molecule has 2 heterocycles. The van der Waals surface area contributed by atoms with Crippen LogP contribution in [0.4, 0.5) is 0 Å². The molecule has 0 unspecified atom stereocenters. The van der Waals surface area contributed by atoms with E-state index in [1.165, 1.54) is 6.07 Å². The van der Waals surface area contributed by atoms with Crippen molar-refractivity contribution in [1.82, 2.24) is 19.6 Å². The van der Waals surface area contributed by atoms with Gasteiger partial charge in [0.15, 0.2) is 0 Å². The molecule has 0 atom stereocenters. The SMILES string of the molecule is Cc1nn(-c2cnn(C)c2)ccc1=O. The van der Waals surface area contributed by atoms with Crippen molar-refractivity contribution >= 4 is 0 Å². The van der Waals surface area contributed by atoms with E-state index in [0.29, 0.717) is 5.69 Å². The van der Waals surface area contributed by atoms with Gasteiger partial charge in [0, 0.05) is 19.3 Å². The number of hydrogen-bond acceptors (Lipinski definition) is 3. The summed E-state index contributed by atoms with van der Waals surface area (Å²) in [6.07, 6.45) is 5.15. The van der Waals surface area contributed by atoms with Crippen molar-refractivity contribution in [3.05, 3.63) is 40.6 Å². The predicted molar refractivity (Wildman–Crippen MR) is 51.3 cm³/mol. The summed E-state index contributed by atoms with van der Waals surface area (Å²) in [5, 5.41) is 8.13. The number of nitrogens with zero attached hydrogens (tertiary/aromatic N) is 4. The number of aryl methyl sites for hydroxylation is 2. The molecule has 0 spiro atoms. The van der Waals surface area contributed by atoms with E-state index in [9.17, 15) is 4.79 Å². The monoisotopic (exact) mass is 190 g/mol. The largest absolute Gasteiger partial charge is 0.288 e. The third-order valence-electron chi connectivity index (χ3n) is 1.94. The van der Waals surface area contributed by atoms with Gasteiger partial charge >= 0.3 is 0 Å². The number of aromatic nitrogens is 4. The highest BCUT2D eigenvalue weighted by atomic mass is 16.1. The van der Waals surface area contributed by atoms with E-state index >= 15 is 0 Å². The van der Waals surface area contributed by atoms with E-state index in [1.807, 2.05) is 13.2 Å². The van der Waals surface area contributed by atoms with Crippen LogP contribution in [0.5, 0.6) is 0 Å². The fourth-order valence-electron chi connectivity index (χ4n) is 1.17. The average Bonchev–Trinajstić information content (AvgIpc) is 2.57. The maximum absolute atomic E-state index is 11.1. The van der Waals surface area contributed by atoms with Gasteiger partial charge in [-0.2, -0.15) is 10.2 Å². The molecule has 2 aromatic rings. The van der Waals surface area contributed by atoms with Crippen molar-refractivity contribution in [3.8, 4) is 5.69 Å². The molecule has 5 heteroatoms. The van der Waals surface area contributed by atoms with E-state index in [4.69, 9.17) is 0 Å². The molecule has 0 saturated heterocycles. The van der Waals surface area contributed by atoms with Gasteiger partial charge in [-0.25, -0.2) is 4.68 Å². The molecule has 0 fully saturated rings. The molecule has 0 aliphatic carbocycles. The van der Waals surface area contributed by atoms with Crippen molar-refractivity contribution in [3.63, 3.8) is 0 Å². The van der Waals surface area contributed by atoms with Gasteiger partial charge < -0.3 is 0 Å². The summed E-state index contributed by atoms with van der Waals surface area (Å²) < 4.78 is 3.31. The first-order chi connectivity index (χ1) is 6.66. The molecule has 2 rings (SSSR count). The van der Waals surface area contributed by atoms with Gasteiger partial charge in [0.2, 0.25) is 5.43 Å². The molecule has 0 aromatic carbocycles. The van der Waals surface area contributed by atoms with Crippen LogP contribution in [-0.4, -0.2) is 19.6 Å². The highest BCUT2D eigenvalue weighted by molar-refractivity contribution is 5.23. The Labute approximate surface area is 80.6 Å². The van der Waals surface area contributed by atoms with Gasteiger partial charge in [0.25, 0.3) is 0 Å². The van der Waals surface area contributed by atoms with Crippen LogP contribution in [0, 0.1) is 6.92 Å². The molecule has 0 saturated carbocycles. The Hall–Kier alpha value is -1.91. The lowest BCUT2D eigenvalue weighted by atomic mass is 10.4. The lowest BCUT2D eigenvalue weighted by Gasteiger charge is -2.00. The maximum Gasteiger partial charge on any atom is 0.203 e. The lowest BCUT2D eigenvalue weighted by molar-refractivity contribution is 0.763. The van der Waals surface area contributed by atoms with Crippen molar-refractivity contribution in [2.75, 3.05) is 0 Å². The van der Waals surface area contributed by atoms with E-state index < -0.39 is 0 Å². The predicted octanol–water partition coefficient (Wildman–Crippen LogP) is 0.274. The zero-order valence-corrected chi connectivity index (χ0v) is 8.01. The van der Waals surface area contributed by atoms with Crippen LogP contribution in [0.1, 0.15) is 5.69 Å². The van der Waals surface area contributed by atoms with Gasteiger partial charge in [-0.15, -0.1) is 0 Å². The first kappa shape index (κ1) is 8.68. The number of hydrogen-bond donors (Lipinski definition) is 0. The average molecular weight is 190 g/mol. The minimum Gasteiger partial charge on any atom is -0.288 e. The molecular formula is C9H10N4O. The Kier molecular flexibility index (Phi) is 1.92. The summed E-state index contributed by atoms with van der Waals surface area (Å²) in [6.45, 7) is 1.69. The van der Waals surface area contributed by atoms with Gasteiger partial charge in [-0.05, 0) is 6.92 Å². The standard InChI is InChI=1S/C9H10N4O/c1-7-9(14)3-4-13(11-7)8-5-10-12(2)6-8/h3-6H,1-2H3. The zero-order valence-electron chi connectivity index (χ0n) is 8.01. The highest BCUT2D eigenvalue weighted by Gasteiger charge is 2.00. The molecule has 0 aliphatic rings. The Morgan fingerprint density at radius 3 is 2.79 bits per heavy atom. The van der Waals surface area contributed by atoms with Crippen LogP contribution in [0.15, 0.2) is 29.5 Å². The summed E-state index contributed by atoms with van der Waals surface area (Å²) in [5.74, 6) is 0. The maximum atomic E-state index is 11.1. The summed E-state index contributed by atoms with van der Waals surface area (Å²) in [6, 6.07) is 1.50. The second-order valence-corrected chi connectivity index (χ2v) is 3.08. The van der Waals surface area contributed by atoms with Gasteiger partial charge in [-0.3, -0.25) is 9.48 Å². The Balaban J connectivity index is 2.52. The van der Waals surface area contributed by atoms with Crippen LogP contribution in [0.2, 0.25) is 0 Å². The van der Waals surface area contributed by atoms with Crippen LogP contribution >= 0.6 is 0 Å². The van der Waals surface area contributed by atoms with Crippen molar-refractivity contribution < 1.29 is 0 Å². The fraction of sp³-hybridized carbons (Fsp3) is 0.222. The zero-order chi connectivity index (χ0) is 10.1. The summed E-state index contributed by atoms with van der Waals surface area (Å²) in [5.41, 5.74) is 1.28. The summed E-state index contributed by atoms with van der Waals surface area (Å²) in [7, 11) is 1.83. The Morgan fingerprint density at radius 1 is 1.43 bits per heavy atom. The molecule has 0 bridgehead atoms. The minimum absolute atomic E-state index is 0.0508. The Morgan fingerprint density at radius 2 is 2.21 bits per heavy atom. The van der Waals surface area contributed by atoms with E-state index in [0.717, 1.165) is 5.69 Å². The molecule has 0 amide bonds. The van der Waals surface area contributed by atoms with Crippen molar-refractivity contribution in [2.24, 2.45) is 7.05 Å². The van der Waals surface area contributed by atoms with Crippen LogP contribution in [-0.2, 0) is 7.05 Å². The fourth-order valence-corrected chi connectivity index (χ4v) is 1.17. The topological polar surface area (TPSA) is 52.7 Å². The molecule has 0 aliphatic heterocycles. The lowest BCUT2D eigenvalue weighted by Crippen LogP contribution is -2.12. The molecule has 2 aromatic heterocycles. The van der Waals surface area contributed by atoms with Crippen LogP contribution < -0.4 is 5.43 Å². The highest BCUT2D eigenvalue weighted by Crippen LogP contribution is 2.01. The van der Waals surface area contributed by atoms with Crippen LogP contribution in [0.3, 0.4) is 0 Å². The third-order valence-corrected chi connectivity index (χ3v) is 1.94. The first-order valence-electron chi connectivity index (χ1n) is 4.22. The summed E-state index contributed by atoms with van der Waals surface area (Å²) in [4.78, 5) is 11.1. The van der Waals surface area contributed by atoms with Crippen molar-refractivity contribution in [2.45, 2.75) is 6.92 Å². The molecule has 14 heavy (non-hydrogen) atoms. The van der Waals surface area contributed by atoms with Crippen LogP contribution in [0.25, 0.3) is 5.69 Å². The molecule has 5 nitrogen and oxygen atoms in total. The van der Waals surface area contributed by atoms with Gasteiger partial charge in [-0.1, -0.05) is 0 Å². The van der Waals surface area contributed by atoms with E-state index in [2.05, 4.69) is 10.2 Å². The van der Waals surface area contributed by atoms with Crippen molar-refractivity contribution in [1.29, 1.82) is 0 Å². The smallest absolute Gasteiger partial charge is 0.203 e. The second-order valence-electron chi connectivity index (χ2n) is 3.08. The van der Waals surface area contributed by atoms with Gasteiger partial charge in [0.1, 0.15) is 11.4 Å². The summed E-state index contributed by atoms with van der Waals surface area (Å²) >= 11 is 0. The molecule has 0 radical (unpaired) electrons. The quantitative estimate of drug-likeness (QED) is 0.648. The first-order valence-corrected chi connectivity index (χ1v) is 4.22.